The van der Waals surface area contributed by atoms with Gasteiger partial charge in [-0.05, 0) is 68.5 Å². The number of carbonyl (C=O) groups is 1. The van der Waals surface area contributed by atoms with Crippen molar-refractivity contribution in [3.63, 3.8) is 0 Å². The summed E-state index contributed by atoms with van der Waals surface area (Å²) in [6.07, 6.45) is 6.96. The predicted octanol–water partition coefficient (Wildman–Crippen LogP) is 6.29. The molecule has 0 saturated carbocycles. The van der Waals surface area contributed by atoms with Gasteiger partial charge in [0.05, 0.1) is 12.6 Å². The zero-order chi connectivity index (χ0) is 19.3. The van der Waals surface area contributed by atoms with Crippen LogP contribution in [0.5, 0.6) is 0 Å². The van der Waals surface area contributed by atoms with E-state index in [-0.39, 0.29) is 12.1 Å². The van der Waals surface area contributed by atoms with Crippen LogP contribution in [0.1, 0.15) is 47.5 Å². The van der Waals surface area contributed by atoms with Crippen molar-refractivity contribution < 1.29 is 4.79 Å². The maximum absolute atomic E-state index is 13.3. The summed E-state index contributed by atoms with van der Waals surface area (Å²) >= 11 is 5.40. The molecule has 0 unspecified atom stereocenters. The molecule has 6 heteroatoms. The minimum absolute atomic E-state index is 0.000920. The first-order chi connectivity index (χ1) is 13.6. The van der Waals surface area contributed by atoms with Crippen LogP contribution in [0, 0.1) is 0 Å². The number of thiophene rings is 1. The molecule has 1 N–H and O–H groups in total. The topological polar surface area (TPSA) is 37.3 Å². The Balaban J connectivity index is 1.55. The minimum atomic E-state index is -0.0537. The lowest BCUT2D eigenvalue weighted by Gasteiger charge is -2.28. The number of nitrogens with one attached hydrogen (secondary N) is 1. The molecule has 5 rings (SSSR count). The van der Waals surface area contributed by atoms with Gasteiger partial charge in [-0.1, -0.05) is 22.0 Å². The average molecular weight is 456 g/mol. The van der Waals surface area contributed by atoms with Gasteiger partial charge in [-0.2, -0.15) is 0 Å². The maximum atomic E-state index is 13.3. The third kappa shape index (κ3) is 2.99. The number of aryl methyl sites for hydroxylation is 1. The standard InChI is InChI=1S/C22H22BrN3OS/c1-14-19-9-5-11-25(19)21-18(17-8-2-3-10-20(17)28-21)13-26(14)22(27)24-16-7-4-6-15(23)12-16/h4-7,9,11-12,14H,2-3,8,10,13H2,1H3,(H,24,27)/t14-/m0/s1. The molecule has 0 spiro atoms. The summed E-state index contributed by atoms with van der Waals surface area (Å²) in [5.41, 5.74) is 4.80. The molecule has 0 radical (unpaired) electrons. The smallest absolute Gasteiger partial charge is 0.312 e. The van der Waals surface area contributed by atoms with Crippen molar-refractivity contribution in [3.8, 4) is 5.00 Å². The summed E-state index contributed by atoms with van der Waals surface area (Å²) in [7, 11) is 0. The molecule has 4 nitrogen and oxygen atoms in total. The molecule has 2 amide bonds. The molecule has 0 saturated heterocycles. The normalized spacial score (nSPS) is 18.1. The van der Waals surface area contributed by atoms with Crippen LogP contribution in [0.25, 0.3) is 5.00 Å². The van der Waals surface area contributed by atoms with E-state index in [0.717, 1.165) is 16.6 Å². The van der Waals surface area contributed by atoms with E-state index < -0.39 is 0 Å². The van der Waals surface area contributed by atoms with Crippen LogP contribution in [0.15, 0.2) is 47.1 Å². The van der Waals surface area contributed by atoms with E-state index in [1.165, 1.54) is 46.0 Å². The van der Waals surface area contributed by atoms with Crippen molar-refractivity contribution in [1.82, 2.24) is 9.47 Å². The number of anilines is 1. The van der Waals surface area contributed by atoms with Crippen molar-refractivity contribution in [2.75, 3.05) is 5.32 Å². The number of aromatic nitrogens is 1. The molecular formula is C22H22BrN3OS. The molecule has 2 aromatic heterocycles. The summed E-state index contributed by atoms with van der Waals surface area (Å²) in [5, 5.41) is 4.39. The molecule has 144 valence electrons. The molecule has 1 aliphatic carbocycles. The Morgan fingerprint density at radius 1 is 1.18 bits per heavy atom. The summed E-state index contributed by atoms with van der Waals surface area (Å²) < 4.78 is 3.26. The molecule has 3 heterocycles. The van der Waals surface area contributed by atoms with E-state index in [2.05, 4.69) is 51.1 Å². The van der Waals surface area contributed by atoms with Crippen LogP contribution < -0.4 is 5.32 Å². The van der Waals surface area contributed by atoms with E-state index in [4.69, 9.17) is 0 Å². The number of hydrogen-bond acceptors (Lipinski definition) is 2. The van der Waals surface area contributed by atoms with Gasteiger partial charge in [-0.25, -0.2) is 4.79 Å². The molecule has 2 aliphatic rings. The van der Waals surface area contributed by atoms with Gasteiger partial charge in [0.25, 0.3) is 0 Å². The largest absolute Gasteiger partial charge is 0.322 e. The first-order valence-corrected chi connectivity index (χ1v) is 11.4. The second kappa shape index (κ2) is 7.08. The second-order valence-electron chi connectivity index (χ2n) is 7.54. The van der Waals surface area contributed by atoms with Crippen molar-refractivity contribution in [1.29, 1.82) is 0 Å². The van der Waals surface area contributed by atoms with E-state index in [9.17, 15) is 4.79 Å². The van der Waals surface area contributed by atoms with Gasteiger partial charge in [0.2, 0.25) is 0 Å². The Kier molecular flexibility index (Phi) is 4.56. The highest BCUT2D eigenvalue weighted by Crippen LogP contribution is 2.42. The SMILES string of the molecule is C[C@H]1c2cccn2-c2sc3c(c2CN1C(=O)Nc1cccc(Br)c1)CCCC3. The lowest BCUT2D eigenvalue weighted by Crippen LogP contribution is -2.36. The van der Waals surface area contributed by atoms with Gasteiger partial charge in [0, 0.05) is 32.5 Å². The number of halogens is 1. The molecule has 0 fully saturated rings. The van der Waals surface area contributed by atoms with E-state index >= 15 is 0 Å². The molecular weight excluding hydrogens is 434 g/mol. The first-order valence-electron chi connectivity index (χ1n) is 9.76. The quantitative estimate of drug-likeness (QED) is 0.459. The third-order valence-corrected chi connectivity index (χ3v) is 7.65. The van der Waals surface area contributed by atoms with Gasteiger partial charge < -0.3 is 14.8 Å². The van der Waals surface area contributed by atoms with Gasteiger partial charge >= 0.3 is 6.03 Å². The Labute approximate surface area is 177 Å². The highest BCUT2D eigenvalue weighted by atomic mass is 79.9. The fraction of sp³-hybridized carbons (Fsp3) is 0.318. The molecule has 0 bridgehead atoms. The van der Waals surface area contributed by atoms with Gasteiger partial charge in [0.1, 0.15) is 5.00 Å². The molecule has 1 atom stereocenters. The third-order valence-electron chi connectivity index (χ3n) is 5.82. The van der Waals surface area contributed by atoms with E-state index in [1.807, 2.05) is 40.5 Å². The van der Waals surface area contributed by atoms with Gasteiger partial charge in [-0.3, -0.25) is 0 Å². The summed E-state index contributed by atoms with van der Waals surface area (Å²) in [6, 6.07) is 11.9. The lowest BCUT2D eigenvalue weighted by molar-refractivity contribution is 0.189. The summed E-state index contributed by atoms with van der Waals surface area (Å²) in [4.78, 5) is 16.8. The van der Waals surface area contributed by atoms with Crippen LogP contribution in [0.2, 0.25) is 0 Å². The van der Waals surface area contributed by atoms with Crippen molar-refractivity contribution >= 4 is 39.0 Å². The van der Waals surface area contributed by atoms with E-state index in [1.54, 1.807) is 0 Å². The Morgan fingerprint density at radius 3 is 2.89 bits per heavy atom. The predicted molar refractivity (Wildman–Crippen MR) is 117 cm³/mol. The zero-order valence-electron chi connectivity index (χ0n) is 15.7. The Hall–Kier alpha value is -2.05. The molecule has 1 aliphatic heterocycles. The number of hydrogen-bond donors (Lipinski definition) is 1. The van der Waals surface area contributed by atoms with Crippen LogP contribution >= 0.6 is 27.3 Å². The molecule has 3 aromatic rings. The van der Waals surface area contributed by atoms with Crippen LogP contribution in [-0.4, -0.2) is 15.5 Å². The second-order valence-corrected chi connectivity index (χ2v) is 9.54. The maximum Gasteiger partial charge on any atom is 0.322 e. The van der Waals surface area contributed by atoms with Crippen molar-refractivity contribution in [2.45, 2.75) is 45.2 Å². The number of rotatable bonds is 1. The van der Waals surface area contributed by atoms with Crippen molar-refractivity contribution in [2.24, 2.45) is 0 Å². The number of amides is 2. The Morgan fingerprint density at radius 2 is 2.04 bits per heavy atom. The van der Waals surface area contributed by atoms with Gasteiger partial charge in [-0.15, -0.1) is 11.3 Å². The van der Waals surface area contributed by atoms with Crippen molar-refractivity contribution in [3.05, 3.63) is 68.8 Å². The first kappa shape index (κ1) is 18.0. The fourth-order valence-corrected chi connectivity index (χ4v) is 6.17. The van der Waals surface area contributed by atoms with E-state index in [0.29, 0.717) is 6.54 Å². The van der Waals surface area contributed by atoms with Crippen LogP contribution in [0.3, 0.4) is 0 Å². The summed E-state index contributed by atoms with van der Waals surface area (Å²) in [5.74, 6) is 0. The molecule has 1 aromatic carbocycles. The number of urea groups is 1. The van der Waals surface area contributed by atoms with Gasteiger partial charge in [0.15, 0.2) is 0 Å². The number of nitrogens with zero attached hydrogens (tertiary/aromatic N) is 2. The summed E-state index contributed by atoms with van der Waals surface area (Å²) in [6.45, 7) is 2.78. The zero-order valence-corrected chi connectivity index (χ0v) is 18.1. The van der Waals surface area contributed by atoms with Crippen LogP contribution in [-0.2, 0) is 19.4 Å². The van der Waals surface area contributed by atoms with Crippen LogP contribution in [0.4, 0.5) is 10.5 Å². The lowest BCUT2D eigenvalue weighted by atomic mass is 9.95. The number of benzene rings is 1. The Bertz CT molecular complexity index is 1050. The minimum Gasteiger partial charge on any atom is -0.312 e. The molecule has 28 heavy (non-hydrogen) atoms. The average Bonchev–Trinajstić information content (AvgIpc) is 3.28. The number of carbonyl (C=O) groups excluding carboxylic acids is 1. The number of fused-ring (bicyclic) bond motifs is 5. The highest BCUT2D eigenvalue weighted by Gasteiger charge is 2.32. The fourth-order valence-electron chi connectivity index (χ4n) is 4.37. The monoisotopic (exact) mass is 455 g/mol. The highest BCUT2D eigenvalue weighted by molar-refractivity contribution is 9.10.